The van der Waals surface area contributed by atoms with Crippen molar-refractivity contribution < 1.29 is 4.39 Å². The molecule has 0 fully saturated rings. The number of nitrogens with zero attached hydrogens (tertiary/aromatic N) is 1. The second-order valence-electron chi connectivity index (χ2n) is 2.58. The second kappa shape index (κ2) is 4.50. The summed E-state index contributed by atoms with van der Waals surface area (Å²) in [5.74, 6) is -0.164. The number of hydrogen-bond acceptors (Lipinski definition) is 0. The first-order valence-electron chi connectivity index (χ1n) is 3.91. The minimum Gasteiger partial charge on any atom is -0.317 e. The number of halogens is 1. The van der Waals surface area contributed by atoms with Crippen LogP contribution in [0.3, 0.4) is 0 Å². The van der Waals surface area contributed by atoms with E-state index in [1.54, 1.807) is 12.1 Å². The Morgan fingerprint density at radius 3 is 2.75 bits per heavy atom. The monoisotopic (exact) mass is 163 g/mol. The molecule has 1 aromatic rings. The van der Waals surface area contributed by atoms with E-state index in [1.165, 1.54) is 6.07 Å². The predicted molar refractivity (Wildman–Crippen MR) is 46.2 cm³/mol. The molecule has 1 nitrogen and oxygen atoms in total. The van der Waals surface area contributed by atoms with Gasteiger partial charge in [-0.15, -0.1) is 0 Å². The summed E-state index contributed by atoms with van der Waals surface area (Å²) in [6, 6.07) is 6.70. The minimum absolute atomic E-state index is 0.164. The summed E-state index contributed by atoms with van der Waals surface area (Å²) >= 11 is 0. The SMILES string of the molecule is [C-]#[N+]CCCc1ccccc1F. The third-order valence-corrected chi connectivity index (χ3v) is 1.67. The van der Waals surface area contributed by atoms with Gasteiger partial charge in [0, 0.05) is 6.42 Å². The lowest BCUT2D eigenvalue weighted by Gasteiger charge is -1.98. The molecule has 0 unspecified atom stereocenters. The van der Waals surface area contributed by atoms with Crippen LogP contribution in [-0.4, -0.2) is 6.54 Å². The molecular weight excluding hydrogens is 153 g/mol. The van der Waals surface area contributed by atoms with Crippen LogP contribution >= 0.6 is 0 Å². The summed E-state index contributed by atoms with van der Waals surface area (Å²) < 4.78 is 12.9. The molecule has 0 saturated carbocycles. The van der Waals surface area contributed by atoms with Gasteiger partial charge in [-0.3, -0.25) is 0 Å². The van der Waals surface area contributed by atoms with Crippen LogP contribution in [0.5, 0.6) is 0 Å². The average molecular weight is 163 g/mol. The van der Waals surface area contributed by atoms with Crippen molar-refractivity contribution in [2.24, 2.45) is 0 Å². The van der Waals surface area contributed by atoms with Crippen LogP contribution in [-0.2, 0) is 6.42 Å². The first-order valence-corrected chi connectivity index (χ1v) is 3.91. The molecule has 0 N–H and O–H groups in total. The average Bonchev–Trinajstić information content (AvgIpc) is 2.09. The molecule has 0 aliphatic carbocycles. The molecule has 0 aliphatic rings. The van der Waals surface area contributed by atoms with Crippen molar-refractivity contribution in [3.05, 3.63) is 47.1 Å². The van der Waals surface area contributed by atoms with E-state index in [2.05, 4.69) is 4.85 Å². The van der Waals surface area contributed by atoms with Crippen LogP contribution in [0.15, 0.2) is 24.3 Å². The van der Waals surface area contributed by atoms with Gasteiger partial charge in [-0.1, -0.05) is 18.2 Å². The maximum Gasteiger partial charge on any atom is 0.215 e. The van der Waals surface area contributed by atoms with Crippen LogP contribution in [0.4, 0.5) is 4.39 Å². The molecule has 0 aromatic heterocycles. The zero-order valence-electron chi connectivity index (χ0n) is 6.76. The molecule has 0 saturated heterocycles. The molecule has 0 heterocycles. The lowest BCUT2D eigenvalue weighted by molar-refractivity contribution is 0.607. The van der Waals surface area contributed by atoms with Gasteiger partial charge in [0.2, 0.25) is 6.54 Å². The van der Waals surface area contributed by atoms with E-state index in [0.29, 0.717) is 18.5 Å². The zero-order valence-corrected chi connectivity index (χ0v) is 6.76. The third kappa shape index (κ3) is 2.35. The van der Waals surface area contributed by atoms with E-state index in [1.807, 2.05) is 6.07 Å². The van der Waals surface area contributed by atoms with Gasteiger partial charge in [0.25, 0.3) is 0 Å². The highest BCUT2D eigenvalue weighted by Gasteiger charge is 1.99. The van der Waals surface area contributed by atoms with Crippen molar-refractivity contribution in [3.63, 3.8) is 0 Å². The maximum absolute atomic E-state index is 12.9. The summed E-state index contributed by atoms with van der Waals surface area (Å²) in [4.78, 5) is 3.21. The van der Waals surface area contributed by atoms with Crippen molar-refractivity contribution in [1.82, 2.24) is 0 Å². The van der Waals surface area contributed by atoms with E-state index < -0.39 is 0 Å². The first-order chi connectivity index (χ1) is 5.84. The Morgan fingerprint density at radius 1 is 1.33 bits per heavy atom. The van der Waals surface area contributed by atoms with Gasteiger partial charge in [0.05, 0.1) is 0 Å². The van der Waals surface area contributed by atoms with Gasteiger partial charge in [-0.05, 0) is 18.1 Å². The van der Waals surface area contributed by atoms with Crippen LogP contribution < -0.4 is 0 Å². The molecular formula is C10H10FN. The third-order valence-electron chi connectivity index (χ3n) is 1.67. The van der Waals surface area contributed by atoms with Gasteiger partial charge >= 0.3 is 0 Å². The Balaban J connectivity index is 2.53. The molecule has 0 aliphatic heterocycles. The summed E-state index contributed by atoms with van der Waals surface area (Å²) in [6.07, 6.45) is 1.40. The Labute approximate surface area is 71.7 Å². The molecule has 62 valence electrons. The Hall–Kier alpha value is -1.36. The Kier molecular flexibility index (Phi) is 3.28. The smallest absolute Gasteiger partial charge is 0.215 e. The van der Waals surface area contributed by atoms with Gasteiger partial charge < -0.3 is 4.85 Å². The number of aryl methyl sites for hydroxylation is 1. The van der Waals surface area contributed by atoms with E-state index in [0.717, 1.165) is 6.42 Å². The Morgan fingerprint density at radius 2 is 2.08 bits per heavy atom. The molecule has 0 amide bonds. The highest BCUT2D eigenvalue weighted by molar-refractivity contribution is 5.17. The summed E-state index contributed by atoms with van der Waals surface area (Å²) in [6.45, 7) is 7.03. The normalized spacial score (nSPS) is 9.33. The van der Waals surface area contributed by atoms with E-state index in [-0.39, 0.29) is 5.82 Å². The predicted octanol–water partition coefficient (Wildman–Crippen LogP) is 2.68. The maximum atomic E-state index is 12.9. The van der Waals surface area contributed by atoms with Crippen molar-refractivity contribution >= 4 is 0 Å². The lowest BCUT2D eigenvalue weighted by Crippen LogP contribution is -1.90. The largest absolute Gasteiger partial charge is 0.317 e. The summed E-state index contributed by atoms with van der Waals surface area (Å²) in [5.41, 5.74) is 0.709. The molecule has 12 heavy (non-hydrogen) atoms. The van der Waals surface area contributed by atoms with E-state index in [4.69, 9.17) is 6.57 Å². The highest BCUT2D eigenvalue weighted by Crippen LogP contribution is 2.08. The standard InChI is InChI=1S/C10H10FN/c1-12-8-4-6-9-5-2-3-7-10(9)11/h2-3,5,7H,4,6,8H2. The fourth-order valence-corrected chi connectivity index (χ4v) is 1.05. The summed E-state index contributed by atoms with van der Waals surface area (Å²) in [5, 5.41) is 0. The van der Waals surface area contributed by atoms with Gasteiger partial charge in [0.15, 0.2) is 0 Å². The molecule has 0 bridgehead atoms. The first kappa shape index (κ1) is 8.73. The highest BCUT2D eigenvalue weighted by atomic mass is 19.1. The molecule has 2 heteroatoms. The number of benzene rings is 1. The topological polar surface area (TPSA) is 4.36 Å². The second-order valence-corrected chi connectivity index (χ2v) is 2.58. The molecule has 0 spiro atoms. The van der Waals surface area contributed by atoms with E-state index in [9.17, 15) is 4.39 Å². The van der Waals surface area contributed by atoms with Gasteiger partial charge in [-0.2, -0.15) is 0 Å². The Bertz CT molecular complexity index is 288. The molecule has 1 aromatic carbocycles. The van der Waals surface area contributed by atoms with Crippen LogP contribution in [0, 0.1) is 12.4 Å². The number of rotatable bonds is 3. The van der Waals surface area contributed by atoms with Crippen molar-refractivity contribution in [2.75, 3.05) is 6.54 Å². The minimum atomic E-state index is -0.164. The quantitative estimate of drug-likeness (QED) is 0.476. The zero-order chi connectivity index (χ0) is 8.81. The molecule has 1 rings (SSSR count). The van der Waals surface area contributed by atoms with Gasteiger partial charge in [0.1, 0.15) is 5.82 Å². The molecule has 0 radical (unpaired) electrons. The van der Waals surface area contributed by atoms with Crippen LogP contribution in [0.2, 0.25) is 0 Å². The summed E-state index contributed by atoms with van der Waals surface area (Å²) in [7, 11) is 0. The molecule has 0 atom stereocenters. The lowest BCUT2D eigenvalue weighted by atomic mass is 10.1. The van der Waals surface area contributed by atoms with Crippen molar-refractivity contribution in [1.29, 1.82) is 0 Å². The van der Waals surface area contributed by atoms with Crippen molar-refractivity contribution in [3.8, 4) is 0 Å². The van der Waals surface area contributed by atoms with Crippen LogP contribution in [0.1, 0.15) is 12.0 Å². The van der Waals surface area contributed by atoms with Gasteiger partial charge in [-0.25, -0.2) is 11.0 Å². The fraction of sp³-hybridized carbons (Fsp3) is 0.300. The van der Waals surface area contributed by atoms with Crippen LogP contribution in [0.25, 0.3) is 4.85 Å². The number of hydrogen-bond donors (Lipinski definition) is 0. The fourth-order valence-electron chi connectivity index (χ4n) is 1.05. The van der Waals surface area contributed by atoms with E-state index >= 15 is 0 Å². The van der Waals surface area contributed by atoms with Crippen molar-refractivity contribution in [2.45, 2.75) is 12.8 Å².